The molecule has 7 nitrogen and oxygen atoms in total. The molecule has 4 aliphatic rings. The maximum absolute atomic E-state index is 14.3. The molecule has 3 fully saturated rings. The average Bonchev–Trinajstić information content (AvgIpc) is 3.31. The molecule has 1 saturated carbocycles. The van der Waals surface area contributed by atoms with Crippen LogP contribution < -0.4 is 9.04 Å². The number of aromatic carboxylic acids is 1. The Kier molecular flexibility index (Phi) is 5.29. The summed E-state index contributed by atoms with van der Waals surface area (Å²) in [6, 6.07) is 7.93. The first-order valence-electron chi connectivity index (χ1n) is 11.9. The molecule has 6 rings (SSSR count). The lowest BCUT2D eigenvalue weighted by Crippen LogP contribution is -2.23. The highest BCUT2D eigenvalue weighted by Gasteiger charge is 2.46. The van der Waals surface area contributed by atoms with E-state index in [1.54, 1.807) is 12.1 Å². The van der Waals surface area contributed by atoms with Gasteiger partial charge in [0, 0.05) is 18.5 Å². The van der Waals surface area contributed by atoms with Crippen molar-refractivity contribution in [2.24, 2.45) is 11.8 Å². The number of hydrogen-bond donors (Lipinski definition) is 2. The van der Waals surface area contributed by atoms with Crippen LogP contribution in [0.15, 0.2) is 30.3 Å². The van der Waals surface area contributed by atoms with Gasteiger partial charge in [0.05, 0.1) is 18.0 Å². The van der Waals surface area contributed by atoms with E-state index >= 15 is 0 Å². The normalized spacial score (nSPS) is 27.1. The van der Waals surface area contributed by atoms with Gasteiger partial charge in [-0.3, -0.25) is 0 Å². The summed E-state index contributed by atoms with van der Waals surface area (Å²) in [5.41, 5.74) is 1.57. The van der Waals surface area contributed by atoms with Crippen LogP contribution in [0.2, 0.25) is 0 Å². The van der Waals surface area contributed by atoms with Crippen LogP contribution in [0.25, 0.3) is 0 Å². The van der Waals surface area contributed by atoms with E-state index in [1.807, 2.05) is 0 Å². The van der Waals surface area contributed by atoms with Gasteiger partial charge in [0.15, 0.2) is 0 Å². The van der Waals surface area contributed by atoms with Crippen LogP contribution in [0.4, 0.5) is 15.8 Å². The SMILES string of the molecule is O=C(O)c1c(N(c2ccc(F)cc2CC2CC3CCCN3C2)[SH](=O)=O)ccc2c1OC[C@@H]1C[C@H]21. The van der Waals surface area contributed by atoms with E-state index in [0.29, 0.717) is 42.2 Å². The zero-order valence-electron chi connectivity index (χ0n) is 18.7. The molecule has 3 heterocycles. The first-order valence-corrected chi connectivity index (χ1v) is 13.0. The van der Waals surface area contributed by atoms with Crippen LogP contribution in [0, 0.1) is 17.7 Å². The molecule has 0 aromatic heterocycles. The Morgan fingerprint density at radius 3 is 2.79 bits per heavy atom. The molecule has 0 radical (unpaired) electrons. The number of nitrogens with zero attached hydrogens (tertiary/aromatic N) is 2. The van der Waals surface area contributed by atoms with Crippen LogP contribution in [0.1, 0.15) is 53.1 Å². The highest BCUT2D eigenvalue weighted by Crippen LogP contribution is 2.56. The van der Waals surface area contributed by atoms with Gasteiger partial charge in [-0.05, 0) is 85.9 Å². The summed E-state index contributed by atoms with van der Waals surface area (Å²) in [5, 5.41) is 10.1. The molecule has 2 unspecified atom stereocenters. The van der Waals surface area contributed by atoms with E-state index in [4.69, 9.17) is 4.74 Å². The van der Waals surface area contributed by atoms with Crippen LogP contribution in [0.3, 0.4) is 0 Å². The summed E-state index contributed by atoms with van der Waals surface area (Å²) in [5.74, 6) is -0.458. The van der Waals surface area contributed by atoms with Gasteiger partial charge in [-0.2, -0.15) is 0 Å². The van der Waals surface area contributed by atoms with Crippen molar-refractivity contribution in [2.75, 3.05) is 24.0 Å². The molecule has 1 N–H and O–H groups in total. The zero-order valence-corrected chi connectivity index (χ0v) is 19.5. The van der Waals surface area contributed by atoms with Crippen molar-refractivity contribution in [3.05, 3.63) is 52.8 Å². The molecular formula is C25H27FN2O5S. The van der Waals surface area contributed by atoms with Gasteiger partial charge < -0.3 is 14.7 Å². The molecular weight excluding hydrogens is 459 g/mol. The molecule has 0 spiro atoms. The third-order valence-corrected chi connectivity index (χ3v) is 8.67. The Bertz CT molecular complexity index is 1230. The fourth-order valence-electron chi connectivity index (χ4n) is 6.30. The molecule has 9 heteroatoms. The second kappa shape index (κ2) is 8.23. The molecule has 1 aliphatic carbocycles. The van der Waals surface area contributed by atoms with Crippen molar-refractivity contribution in [1.82, 2.24) is 4.90 Å². The highest BCUT2D eigenvalue weighted by molar-refractivity contribution is 7.74. The van der Waals surface area contributed by atoms with Crippen LogP contribution in [-0.2, 0) is 17.3 Å². The Labute approximate surface area is 199 Å². The van der Waals surface area contributed by atoms with E-state index in [1.165, 1.54) is 31.0 Å². The second-order valence-corrected chi connectivity index (χ2v) is 10.9. The number of carboxylic acid groups (broad SMARTS) is 1. The standard InChI is InChI=1S/C25H27FN2O5S/c26-17-3-5-21(15(10-17)8-14-9-18-2-1-7-27(18)12-14)28(34(31)32)22-6-4-19-20-11-16(20)13-33-24(19)23(22)25(29)30/h3-6,10,14,16,18,20,34H,1-2,7-9,11-13H2,(H,29,30)/t14?,16-,18?,20-/m0/s1. The minimum absolute atomic E-state index is 0.0290. The summed E-state index contributed by atoms with van der Waals surface area (Å²) in [6.45, 7) is 2.43. The smallest absolute Gasteiger partial charge is 0.341 e. The molecule has 2 aromatic carbocycles. The summed E-state index contributed by atoms with van der Waals surface area (Å²) >= 11 is 0. The number of hydrogen-bond acceptors (Lipinski definition) is 5. The fourth-order valence-corrected chi connectivity index (χ4v) is 7.02. The molecule has 4 atom stereocenters. The predicted molar refractivity (Wildman–Crippen MR) is 125 cm³/mol. The van der Waals surface area contributed by atoms with Crippen molar-refractivity contribution in [3.63, 3.8) is 0 Å². The second-order valence-electron chi connectivity index (χ2n) is 10.0. The molecule has 2 saturated heterocycles. The summed E-state index contributed by atoms with van der Waals surface area (Å²) in [6.07, 6.45) is 4.87. The third kappa shape index (κ3) is 3.65. The minimum atomic E-state index is -3.24. The summed E-state index contributed by atoms with van der Waals surface area (Å²) < 4.78 is 46.3. The van der Waals surface area contributed by atoms with E-state index in [-0.39, 0.29) is 22.9 Å². The number of rotatable bonds is 6. The average molecular weight is 487 g/mol. The molecule has 0 bridgehead atoms. The van der Waals surface area contributed by atoms with E-state index < -0.39 is 22.7 Å². The summed E-state index contributed by atoms with van der Waals surface area (Å²) in [7, 11) is -3.24. The maximum Gasteiger partial charge on any atom is 0.341 e. The van der Waals surface area contributed by atoms with Crippen molar-refractivity contribution in [1.29, 1.82) is 0 Å². The van der Waals surface area contributed by atoms with E-state index in [0.717, 1.165) is 35.8 Å². The Morgan fingerprint density at radius 1 is 1.21 bits per heavy atom. The highest BCUT2D eigenvalue weighted by atomic mass is 32.2. The number of carboxylic acids is 1. The van der Waals surface area contributed by atoms with E-state index in [9.17, 15) is 22.7 Å². The number of anilines is 2. The quantitative estimate of drug-likeness (QED) is 0.606. The van der Waals surface area contributed by atoms with Gasteiger partial charge in [0.2, 0.25) is 10.9 Å². The number of carbonyl (C=O) groups is 1. The fraction of sp³-hybridized carbons (Fsp3) is 0.480. The Morgan fingerprint density at radius 2 is 2.03 bits per heavy atom. The van der Waals surface area contributed by atoms with Gasteiger partial charge in [-0.25, -0.2) is 21.9 Å². The number of halogens is 1. The molecule has 180 valence electrons. The maximum atomic E-state index is 14.3. The predicted octanol–water partition coefficient (Wildman–Crippen LogP) is 3.71. The monoisotopic (exact) mass is 486 g/mol. The van der Waals surface area contributed by atoms with E-state index in [2.05, 4.69) is 4.90 Å². The number of thiol groups is 1. The first-order chi connectivity index (χ1) is 16.4. The van der Waals surface area contributed by atoms with Crippen LogP contribution in [0.5, 0.6) is 5.75 Å². The van der Waals surface area contributed by atoms with Crippen LogP contribution >= 0.6 is 0 Å². The van der Waals surface area contributed by atoms with Gasteiger partial charge in [0.1, 0.15) is 17.1 Å². The Hall–Kier alpha value is -2.65. The number of fused-ring (bicyclic) bond motifs is 4. The van der Waals surface area contributed by atoms with Gasteiger partial charge in [0.25, 0.3) is 0 Å². The molecule has 0 amide bonds. The molecule has 3 aliphatic heterocycles. The van der Waals surface area contributed by atoms with Gasteiger partial charge in [-0.15, -0.1) is 0 Å². The summed E-state index contributed by atoms with van der Waals surface area (Å²) in [4.78, 5) is 14.8. The largest absolute Gasteiger partial charge is 0.492 e. The van der Waals surface area contributed by atoms with Crippen LogP contribution in [-0.4, -0.2) is 50.1 Å². The number of benzene rings is 2. The zero-order chi connectivity index (χ0) is 23.6. The van der Waals surface area contributed by atoms with Gasteiger partial charge in [-0.1, -0.05) is 6.07 Å². The Balaban J connectivity index is 1.42. The van der Waals surface area contributed by atoms with Crippen molar-refractivity contribution >= 4 is 28.2 Å². The molecule has 2 aromatic rings. The lowest BCUT2D eigenvalue weighted by atomic mass is 9.94. The number of ether oxygens (including phenoxy) is 1. The third-order valence-electron chi connectivity index (χ3n) is 7.91. The lowest BCUT2D eigenvalue weighted by Gasteiger charge is -2.27. The van der Waals surface area contributed by atoms with Crippen molar-refractivity contribution in [2.45, 2.75) is 44.1 Å². The molecule has 34 heavy (non-hydrogen) atoms. The van der Waals surface area contributed by atoms with Gasteiger partial charge >= 0.3 is 5.97 Å². The lowest BCUT2D eigenvalue weighted by molar-refractivity contribution is 0.0692. The topological polar surface area (TPSA) is 87.2 Å². The van der Waals surface area contributed by atoms with Crippen molar-refractivity contribution in [3.8, 4) is 5.75 Å². The minimum Gasteiger partial charge on any atom is -0.492 e. The first kappa shape index (κ1) is 21.9. The van der Waals surface area contributed by atoms with Crippen molar-refractivity contribution < 1.29 is 27.4 Å².